The number of amides is 1. The molecule has 17 heavy (non-hydrogen) atoms. The van der Waals surface area contributed by atoms with Crippen molar-refractivity contribution in [2.24, 2.45) is 5.92 Å². The molecule has 1 atom stereocenters. The molecule has 7 heteroatoms. The number of hydrogen-bond acceptors (Lipinski definition) is 4. The predicted octanol–water partition coefficient (Wildman–Crippen LogP) is -1.48. The summed E-state index contributed by atoms with van der Waals surface area (Å²) in [5.74, 6) is -0.309. The van der Waals surface area contributed by atoms with Crippen molar-refractivity contribution in [3.63, 3.8) is 0 Å². The molecule has 1 aromatic rings. The second kappa shape index (κ2) is 4.54. The van der Waals surface area contributed by atoms with Crippen LogP contribution < -0.4 is 11.2 Å². The minimum absolute atomic E-state index is 0.0164. The standard InChI is InChI=1S/C10H13N3O4/c14-5-6-1-2-13(4-6)9(16)7-3-8(15)12-10(17)11-7/h3,6,14H,1-2,4-5H2,(H2,11,12,15,17). The van der Waals surface area contributed by atoms with Gasteiger partial charge in [0.2, 0.25) is 0 Å². The number of aromatic nitrogens is 2. The number of aliphatic hydroxyl groups is 1. The van der Waals surface area contributed by atoms with Crippen LogP contribution >= 0.6 is 0 Å². The van der Waals surface area contributed by atoms with Crippen molar-refractivity contribution in [3.8, 4) is 0 Å². The second-order valence-corrected chi connectivity index (χ2v) is 4.09. The summed E-state index contributed by atoms with van der Waals surface area (Å²) in [6.07, 6.45) is 0.732. The summed E-state index contributed by atoms with van der Waals surface area (Å²) in [6.45, 7) is 1.01. The number of nitrogens with one attached hydrogen (secondary N) is 2. The van der Waals surface area contributed by atoms with Gasteiger partial charge in [-0.05, 0) is 6.42 Å². The fraction of sp³-hybridized carbons (Fsp3) is 0.500. The van der Waals surface area contributed by atoms with Crippen LogP contribution in [0.4, 0.5) is 0 Å². The zero-order valence-corrected chi connectivity index (χ0v) is 9.10. The number of carbonyl (C=O) groups is 1. The van der Waals surface area contributed by atoms with E-state index in [9.17, 15) is 14.4 Å². The van der Waals surface area contributed by atoms with Gasteiger partial charge < -0.3 is 15.0 Å². The molecule has 1 fully saturated rings. The molecule has 1 aliphatic rings. The molecule has 1 amide bonds. The Hall–Kier alpha value is -1.89. The monoisotopic (exact) mass is 239 g/mol. The van der Waals surface area contributed by atoms with Crippen LogP contribution in [0.1, 0.15) is 16.9 Å². The molecule has 3 N–H and O–H groups in total. The molecule has 0 spiro atoms. The molecule has 1 saturated heterocycles. The lowest BCUT2D eigenvalue weighted by Gasteiger charge is -2.15. The Bertz CT molecular complexity index is 505. The van der Waals surface area contributed by atoms with Gasteiger partial charge in [-0.1, -0.05) is 0 Å². The number of likely N-dealkylation sites (tertiary alicyclic amines) is 1. The molecule has 0 bridgehead atoms. The molecular weight excluding hydrogens is 226 g/mol. The van der Waals surface area contributed by atoms with Crippen molar-refractivity contribution in [3.05, 3.63) is 32.6 Å². The number of carbonyl (C=O) groups excluding carboxylic acids is 1. The fourth-order valence-corrected chi connectivity index (χ4v) is 1.92. The summed E-state index contributed by atoms with van der Waals surface area (Å²) < 4.78 is 0. The van der Waals surface area contributed by atoms with Crippen LogP contribution in [0, 0.1) is 5.92 Å². The van der Waals surface area contributed by atoms with E-state index in [2.05, 4.69) is 4.98 Å². The van der Waals surface area contributed by atoms with Gasteiger partial charge in [0.05, 0.1) is 0 Å². The van der Waals surface area contributed by atoms with Crippen molar-refractivity contribution < 1.29 is 9.90 Å². The van der Waals surface area contributed by atoms with Gasteiger partial charge in [0.25, 0.3) is 11.5 Å². The van der Waals surface area contributed by atoms with E-state index in [0.29, 0.717) is 13.1 Å². The topological polar surface area (TPSA) is 106 Å². The van der Waals surface area contributed by atoms with Crippen LogP contribution in [0.3, 0.4) is 0 Å². The summed E-state index contributed by atoms with van der Waals surface area (Å²) in [4.78, 5) is 39.8. The number of rotatable bonds is 2. The molecular formula is C10H13N3O4. The predicted molar refractivity (Wildman–Crippen MR) is 58.8 cm³/mol. The molecule has 0 saturated carbocycles. The van der Waals surface area contributed by atoms with Crippen molar-refractivity contribution in [1.82, 2.24) is 14.9 Å². The lowest BCUT2D eigenvalue weighted by molar-refractivity contribution is 0.0775. The number of hydrogen-bond donors (Lipinski definition) is 3. The Morgan fingerprint density at radius 1 is 1.47 bits per heavy atom. The molecule has 2 heterocycles. The van der Waals surface area contributed by atoms with Gasteiger partial charge in [0, 0.05) is 31.7 Å². The maximum absolute atomic E-state index is 11.9. The highest BCUT2D eigenvalue weighted by molar-refractivity contribution is 5.92. The fourth-order valence-electron chi connectivity index (χ4n) is 1.92. The normalized spacial score (nSPS) is 19.6. The first-order valence-electron chi connectivity index (χ1n) is 5.34. The van der Waals surface area contributed by atoms with Crippen LogP contribution in [-0.4, -0.2) is 45.6 Å². The third kappa shape index (κ3) is 2.44. The summed E-state index contributed by atoms with van der Waals surface area (Å²) in [7, 11) is 0. The number of aliphatic hydroxyl groups excluding tert-OH is 1. The third-order valence-electron chi connectivity index (χ3n) is 2.82. The minimum atomic E-state index is -0.696. The lowest BCUT2D eigenvalue weighted by atomic mass is 10.1. The van der Waals surface area contributed by atoms with E-state index in [4.69, 9.17) is 5.11 Å². The number of H-pyrrole nitrogens is 2. The maximum atomic E-state index is 11.9. The largest absolute Gasteiger partial charge is 0.396 e. The lowest BCUT2D eigenvalue weighted by Crippen LogP contribution is -2.33. The quantitative estimate of drug-likeness (QED) is 0.585. The van der Waals surface area contributed by atoms with E-state index in [1.165, 1.54) is 4.90 Å². The van der Waals surface area contributed by atoms with E-state index in [1.54, 1.807) is 0 Å². The van der Waals surface area contributed by atoms with Gasteiger partial charge in [-0.2, -0.15) is 0 Å². The van der Waals surface area contributed by atoms with E-state index in [1.807, 2.05) is 4.98 Å². The first-order valence-corrected chi connectivity index (χ1v) is 5.34. The van der Waals surface area contributed by atoms with Gasteiger partial charge in [-0.15, -0.1) is 0 Å². The highest BCUT2D eigenvalue weighted by Gasteiger charge is 2.26. The van der Waals surface area contributed by atoms with E-state index in [0.717, 1.165) is 12.5 Å². The summed E-state index contributed by atoms with van der Waals surface area (Å²) in [5, 5.41) is 8.97. The van der Waals surface area contributed by atoms with Crippen LogP contribution in [0.15, 0.2) is 15.7 Å². The Morgan fingerprint density at radius 2 is 2.24 bits per heavy atom. The highest BCUT2D eigenvalue weighted by Crippen LogP contribution is 2.16. The van der Waals surface area contributed by atoms with E-state index >= 15 is 0 Å². The van der Waals surface area contributed by atoms with Crippen molar-refractivity contribution in [1.29, 1.82) is 0 Å². The molecule has 2 rings (SSSR count). The minimum Gasteiger partial charge on any atom is -0.396 e. The molecule has 0 aromatic carbocycles. The van der Waals surface area contributed by atoms with Crippen LogP contribution in [-0.2, 0) is 0 Å². The summed E-state index contributed by atoms with van der Waals surface area (Å²) in [5.41, 5.74) is -1.31. The Morgan fingerprint density at radius 3 is 2.82 bits per heavy atom. The molecule has 0 aliphatic carbocycles. The summed E-state index contributed by atoms with van der Waals surface area (Å²) in [6, 6.07) is 1.07. The van der Waals surface area contributed by atoms with Gasteiger partial charge in [-0.3, -0.25) is 14.6 Å². The van der Waals surface area contributed by atoms with Crippen LogP contribution in [0.5, 0.6) is 0 Å². The first-order chi connectivity index (χ1) is 8.10. The Balaban J connectivity index is 2.20. The molecule has 1 aromatic heterocycles. The number of aromatic amines is 2. The average molecular weight is 239 g/mol. The van der Waals surface area contributed by atoms with Gasteiger partial charge in [-0.25, -0.2) is 4.79 Å². The van der Waals surface area contributed by atoms with Gasteiger partial charge in [0.15, 0.2) is 0 Å². The third-order valence-corrected chi connectivity index (χ3v) is 2.82. The average Bonchev–Trinajstić information content (AvgIpc) is 2.75. The van der Waals surface area contributed by atoms with Gasteiger partial charge >= 0.3 is 5.69 Å². The molecule has 7 nitrogen and oxygen atoms in total. The van der Waals surface area contributed by atoms with Crippen molar-refractivity contribution >= 4 is 5.91 Å². The maximum Gasteiger partial charge on any atom is 0.326 e. The van der Waals surface area contributed by atoms with Crippen molar-refractivity contribution in [2.45, 2.75) is 6.42 Å². The zero-order valence-electron chi connectivity index (χ0n) is 9.10. The van der Waals surface area contributed by atoms with Gasteiger partial charge in [0.1, 0.15) is 5.69 Å². The first kappa shape index (κ1) is 11.6. The van der Waals surface area contributed by atoms with E-state index < -0.39 is 11.2 Å². The highest BCUT2D eigenvalue weighted by atomic mass is 16.3. The Labute approximate surface area is 96.1 Å². The Kier molecular flexibility index (Phi) is 3.10. The molecule has 92 valence electrons. The SMILES string of the molecule is O=C(c1cc(=O)[nH]c(=O)[nH]1)N1CCC(CO)C1. The van der Waals surface area contributed by atoms with Crippen LogP contribution in [0.25, 0.3) is 0 Å². The second-order valence-electron chi connectivity index (χ2n) is 4.09. The molecule has 1 unspecified atom stereocenters. The molecule has 0 radical (unpaired) electrons. The van der Waals surface area contributed by atoms with E-state index in [-0.39, 0.29) is 24.1 Å². The van der Waals surface area contributed by atoms with Crippen molar-refractivity contribution in [2.75, 3.05) is 19.7 Å². The zero-order chi connectivity index (χ0) is 12.4. The molecule has 1 aliphatic heterocycles. The number of nitrogens with zero attached hydrogens (tertiary/aromatic N) is 1. The summed E-state index contributed by atoms with van der Waals surface area (Å²) >= 11 is 0. The smallest absolute Gasteiger partial charge is 0.326 e. The van der Waals surface area contributed by atoms with Crippen LogP contribution in [0.2, 0.25) is 0 Å².